The van der Waals surface area contributed by atoms with E-state index in [2.05, 4.69) is 20.4 Å². The number of furan rings is 1. The molecule has 216 valence electrons. The Morgan fingerprint density at radius 2 is 1.88 bits per heavy atom. The van der Waals surface area contributed by atoms with Crippen molar-refractivity contribution in [1.29, 1.82) is 0 Å². The molecule has 0 bridgehead atoms. The molecule has 1 aliphatic rings. The molecule has 6 aromatic rings. The lowest BCUT2D eigenvalue weighted by Crippen LogP contribution is -2.46. The van der Waals surface area contributed by atoms with E-state index in [0.717, 1.165) is 46.6 Å². The van der Waals surface area contributed by atoms with Crippen molar-refractivity contribution >= 4 is 22.5 Å². The van der Waals surface area contributed by atoms with Crippen molar-refractivity contribution in [2.45, 2.75) is 13.5 Å². The molecular weight excluding hydrogens is 544 g/mol. The summed E-state index contributed by atoms with van der Waals surface area (Å²) in [6.45, 7) is 5.28. The van der Waals surface area contributed by atoms with Crippen LogP contribution < -0.4 is 14.8 Å². The van der Waals surface area contributed by atoms with E-state index in [1.165, 1.54) is 0 Å². The molecular formula is C33H30N6O4. The highest BCUT2D eigenvalue weighted by atomic mass is 16.5. The van der Waals surface area contributed by atoms with Gasteiger partial charge in [0.15, 0.2) is 11.4 Å². The molecule has 2 aromatic carbocycles. The largest absolute Gasteiger partial charge is 0.497 e. The van der Waals surface area contributed by atoms with Gasteiger partial charge in [-0.15, -0.1) is 0 Å². The molecule has 4 aromatic heterocycles. The fourth-order valence-electron chi connectivity index (χ4n) is 5.29. The van der Waals surface area contributed by atoms with Gasteiger partial charge in [-0.1, -0.05) is 12.1 Å². The Bertz CT molecular complexity index is 1940. The summed E-state index contributed by atoms with van der Waals surface area (Å²) in [6, 6.07) is 21.1. The van der Waals surface area contributed by atoms with E-state index in [1.807, 2.05) is 84.8 Å². The van der Waals surface area contributed by atoms with Crippen LogP contribution in [0.4, 0.5) is 0 Å². The van der Waals surface area contributed by atoms with E-state index < -0.39 is 0 Å². The van der Waals surface area contributed by atoms with Crippen molar-refractivity contribution in [2.75, 3.05) is 33.3 Å². The maximum Gasteiger partial charge on any atom is 0.255 e. The lowest BCUT2D eigenvalue weighted by Gasteiger charge is -2.27. The third kappa shape index (κ3) is 5.40. The molecule has 1 saturated heterocycles. The van der Waals surface area contributed by atoms with Crippen LogP contribution in [-0.2, 0) is 6.61 Å². The van der Waals surface area contributed by atoms with Gasteiger partial charge in [0.05, 0.1) is 30.3 Å². The Morgan fingerprint density at radius 3 is 2.70 bits per heavy atom. The summed E-state index contributed by atoms with van der Waals surface area (Å²) >= 11 is 0. The first-order valence-corrected chi connectivity index (χ1v) is 14.2. The number of fused-ring (bicyclic) bond motifs is 2. The smallest absolute Gasteiger partial charge is 0.255 e. The molecule has 10 nitrogen and oxygen atoms in total. The second-order valence-electron chi connectivity index (χ2n) is 10.5. The molecule has 1 aliphatic heterocycles. The van der Waals surface area contributed by atoms with Crippen molar-refractivity contribution in [2.24, 2.45) is 0 Å². The molecule has 1 amide bonds. The Morgan fingerprint density at radius 1 is 1.00 bits per heavy atom. The standard InChI is InChI=1S/C33H30N6O4/c1-21-6-9-32-36-29(19-39(32)37-21)31-17-27-24(15-26(41-2)16-30(27)43-31)20-42-25-5-3-4-22(14-25)28-8-7-23(18-35-28)33(40)38-12-10-34-11-13-38/h3-9,14-19,34H,10-13,20H2,1-2H3. The number of amides is 1. The second-order valence-corrected chi connectivity index (χ2v) is 10.5. The SMILES string of the molecule is COc1cc(COc2cccc(-c3ccc(C(=O)N4CCNCC4)cn3)c2)c2cc(-c3cn4nc(C)ccc4n3)oc2c1. The van der Waals surface area contributed by atoms with Gasteiger partial charge in [0.25, 0.3) is 5.91 Å². The zero-order chi connectivity index (χ0) is 29.3. The van der Waals surface area contributed by atoms with E-state index in [1.54, 1.807) is 17.8 Å². The van der Waals surface area contributed by atoms with Gasteiger partial charge in [-0.25, -0.2) is 9.50 Å². The monoisotopic (exact) mass is 574 g/mol. The number of benzene rings is 2. The van der Waals surface area contributed by atoms with E-state index in [9.17, 15) is 4.79 Å². The highest BCUT2D eigenvalue weighted by Gasteiger charge is 2.19. The molecule has 0 spiro atoms. The fourth-order valence-corrected chi connectivity index (χ4v) is 5.29. The van der Waals surface area contributed by atoms with Crippen molar-refractivity contribution in [1.82, 2.24) is 29.8 Å². The maximum atomic E-state index is 12.8. The van der Waals surface area contributed by atoms with Crippen molar-refractivity contribution in [3.63, 3.8) is 0 Å². The predicted molar refractivity (Wildman–Crippen MR) is 162 cm³/mol. The van der Waals surface area contributed by atoms with Gasteiger partial charge in [-0.05, 0) is 55.5 Å². The van der Waals surface area contributed by atoms with E-state index in [4.69, 9.17) is 13.9 Å². The number of pyridine rings is 1. The number of nitrogens with zero attached hydrogens (tertiary/aromatic N) is 5. The van der Waals surface area contributed by atoms with Crippen LogP contribution in [0.1, 0.15) is 21.6 Å². The average molecular weight is 575 g/mol. The number of imidazole rings is 1. The Hall–Kier alpha value is -5.22. The van der Waals surface area contributed by atoms with Gasteiger partial charge in [0.2, 0.25) is 0 Å². The van der Waals surface area contributed by atoms with E-state index in [-0.39, 0.29) is 5.91 Å². The number of rotatable bonds is 7. The minimum atomic E-state index is 0.0117. The summed E-state index contributed by atoms with van der Waals surface area (Å²) in [5, 5.41) is 8.68. The normalized spacial score (nSPS) is 13.5. The number of piperazine rings is 1. The number of methoxy groups -OCH3 is 1. The van der Waals surface area contributed by atoms with Gasteiger partial charge < -0.3 is 24.1 Å². The predicted octanol–water partition coefficient (Wildman–Crippen LogP) is 5.15. The number of nitrogens with one attached hydrogen (secondary N) is 1. The molecule has 7 rings (SSSR count). The molecule has 0 radical (unpaired) electrons. The van der Waals surface area contributed by atoms with Gasteiger partial charge in [-0.3, -0.25) is 9.78 Å². The van der Waals surface area contributed by atoms with Crippen LogP contribution in [0.15, 0.2) is 83.5 Å². The summed E-state index contributed by atoms with van der Waals surface area (Å²) in [5.74, 6) is 2.02. The average Bonchev–Trinajstić information content (AvgIpc) is 3.68. The van der Waals surface area contributed by atoms with Gasteiger partial charge in [0, 0.05) is 55.0 Å². The zero-order valence-corrected chi connectivity index (χ0v) is 23.9. The summed E-state index contributed by atoms with van der Waals surface area (Å²) < 4.78 is 19.8. The minimum Gasteiger partial charge on any atom is -0.497 e. The molecule has 0 saturated carbocycles. The number of carbonyl (C=O) groups is 1. The fraction of sp³-hybridized carbons (Fsp3) is 0.212. The lowest BCUT2D eigenvalue weighted by molar-refractivity contribution is 0.0735. The van der Waals surface area contributed by atoms with Crippen LogP contribution in [0.5, 0.6) is 11.5 Å². The van der Waals surface area contributed by atoms with Gasteiger partial charge >= 0.3 is 0 Å². The van der Waals surface area contributed by atoms with E-state index in [0.29, 0.717) is 53.8 Å². The summed E-state index contributed by atoms with van der Waals surface area (Å²) in [6.07, 6.45) is 3.51. The Balaban J connectivity index is 1.11. The van der Waals surface area contributed by atoms with Crippen LogP contribution in [0.3, 0.4) is 0 Å². The van der Waals surface area contributed by atoms with Crippen molar-refractivity contribution in [3.8, 4) is 34.2 Å². The molecule has 10 heteroatoms. The van der Waals surface area contributed by atoms with Crippen LogP contribution in [0.25, 0.3) is 39.3 Å². The third-order valence-corrected chi connectivity index (χ3v) is 7.58. The molecule has 0 unspecified atom stereocenters. The van der Waals surface area contributed by atoms with Crippen LogP contribution in [-0.4, -0.2) is 63.7 Å². The number of hydrogen-bond acceptors (Lipinski definition) is 8. The zero-order valence-electron chi connectivity index (χ0n) is 23.9. The number of carbonyl (C=O) groups excluding carboxylic acids is 1. The number of aryl methyl sites for hydroxylation is 1. The van der Waals surface area contributed by atoms with E-state index >= 15 is 0 Å². The Labute approximate surface area is 247 Å². The number of aromatic nitrogens is 4. The topological polar surface area (TPSA) is 107 Å². The van der Waals surface area contributed by atoms with Crippen LogP contribution >= 0.6 is 0 Å². The highest BCUT2D eigenvalue weighted by Crippen LogP contribution is 2.34. The summed E-state index contributed by atoms with van der Waals surface area (Å²) in [5.41, 5.74) is 6.21. The first kappa shape index (κ1) is 26.7. The maximum absolute atomic E-state index is 12.8. The third-order valence-electron chi connectivity index (χ3n) is 7.58. The second kappa shape index (κ2) is 11.2. The first-order chi connectivity index (χ1) is 21.0. The van der Waals surface area contributed by atoms with Crippen LogP contribution in [0.2, 0.25) is 0 Å². The van der Waals surface area contributed by atoms with Gasteiger partial charge in [-0.2, -0.15) is 5.10 Å². The molecule has 1 fully saturated rings. The first-order valence-electron chi connectivity index (χ1n) is 14.2. The quantitative estimate of drug-likeness (QED) is 0.279. The minimum absolute atomic E-state index is 0.0117. The molecule has 5 heterocycles. The summed E-state index contributed by atoms with van der Waals surface area (Å²) in [7, 11) is 1.63. The van der Waals surface area contributed by atoms with Gasteiger partial charge in [0.1, 0.15) is 29.4 Å². The lowest BCUT2D eigenvalue weighted by atomic mass is 10.1. The number of hydrogen-bond donors (Lipinski definition) is 1. The molecule has 43 heavy (non-hydrogen) atoms. The summed E-state index contributed by atoms with van der Waals surface area (Å²) in [4.78, 5) is 23.9. The molecule has 0 atom stereocenters. The Kier molecular flexibility index (Phi) is 6.96. The molecule has 1 N–H and O–H groups in total. The van der Waals surface area contributed by atoms with Crippen LogP contribution in [0, 0.1) is 6.92 Å². The number of ether oxygens (including phenoxy) is 2. The van der Waals surface area contributed by atoms with Crippen molar-refractivity contribution < 1.29 is 18.7 Å². The highest BCUT2D eigenvalue weighted by molar-refractivity contribution is 5.94. The molecule has 0 aliphatic carbocycles. The van der Waals surface area contributed by atoms with Crippen molar-refractivity contribution in [3.05, 3.63) is 95.9 Å².